The summed E-state index contributed by atoms with van der Waals surface area (Å²) in [5.41, 5.74) is 23.4. The van der Waals surface area contributed by atoms with E-state index in [0.717, 1.165) is 24.1 Å². The molecule has 65 heavy (non-hydrogen) atoms. The first kappa shape index (κ1) is 44.2. The van der Waals surface area contributed by atoms with Crippen LogP contribution < -0.4 is 26.4 Å². The molecule has 4 heteroatoms. The molecule has 0 saturated heterocycles. The van der Waals surface area contributed by atoms with E-state index in [-0.39, 0.29) is 44.6 Å². The molecule has 2 aliphatic heterocycles. The lowest BCUT2D eigenvalue weighted by Crippen LogP contribution is -2.61. The summed E-state index contributed by atoms with van der Waals surface area (Å²) in [5, 5.41) is 1.22. The van der Waals surface area contributed by atoms with Gasteiger partial charge in [0, 0.05) is 33.8 Å². The van der Waals surface area contributed by atoms with Gasteiger partial charge in [0.1, 0.15) is 5.58 Å². The SMILES string of the molecule is Cc1cc2c3c(c1)N(c1ccc4c(c1)C(C)(C)CCC4(C)C)c1c(oc4cc5c(cc14)C(C)(C)CCC5(C)C)B3c1cc(C(C)(C)C)ccc1N2c1cc(C(C)(C)C)cc(C(C)(C)C)c1. The first-order valence-corrected chi connectivity index (χ1v) is 24.8. The Morgan fingerprint density at radius 2 is 0.985 bits per heavy atom. The summed E-state index contributed by atoms with van der Waals surface area (Å²) in [6, 6.07) is 32.2. The van der Waals surface area contributed by atoms with Crippen molar-refractivity contribution in [2.75, 3.05) is 9.80 Å². The molecule has 0 fully saturated rings. The highest BCUT2D eigenvalue weighted by molar-refractivity contribution is 7.00. The molecule has 3 nitrogen and oxygen atoms in total. The smallest absolute Gasteiger partial charge is 0.297 e. The van der Waals surface area contributed by atoms with E-state index < -0.39 is 0 Å². The Kier molecular flexibility index (Phi) is 9.31. The molecule has 0 N–H and O–H groups in total. The van der Waals surface area contributed by atoms with Crippen molar-refractivity contribution in [3.63, 3.8) is 0 Å². The highest BCUT2D eigenvalue weighted by Crippen LogP contribution is 2.54. The molecule has 5 aromatic carbocycles. The van der Waals surface area contributed by atoms with Crippen LogP contribution in [0.25, 0.3) is 11.0 Å². The molecule has 10 rings (SSSR count). The number of hydrogen-bond acceptors (Lipinski definition) is 3. The lowest BCUT2D eigenvalue weighted by molar-refractivity contribution is 0.332. The predicted molar refractivity (Wildman–Crippen MR) is 282 cm³/mol. The molecule has 1 aromatic heterocycles. The van der Waals surface area contributed by atoms with Gasteiger partial charge in [-0.1, -0.05) is 142 Å². The van der Waals surface area contributed by atoms with Crippen molar-refractivity contribution in [1.82, 2.24) is 0 Å². The van der Waals surface area contributed by atoms with Crippen molar-refractivity contribution in [1.29, 1.82) is 0 Å². The number of hydrogen-bond donors (Lipinski definition) is 0. The van der Waals surface area contributed by atoms with Crippen LogP contribution in [0.4, 0.5) is 34.1 Å². The van der Waals surface area contributed by atoms with Gasteiger partial charge in [-0.3, -0.25) is 0 Å². The third kappa shape index (κ3) is 6.79. The summed E-state index contributed by atoms with van der Waals surface area (Å²) < 4.78 is 7.63. The highest BCUT2D eigenvalue weighted by atomic mass is 16.3. The summed E-state index contributed by atoms with van der Waals surface area (Å²) in [7, 11) is 0. The molecule has 4 aliphatic rings. The van der Waals surface area contributed by atoms with Gasteiger partial charge in [-0.15, -0.1) is 0 Å². The van der Waals surface area contributed by atoms with Crippen LogP contribution in [0.2, 0.25) is 0 Å². The fourth-order valence-corrected chi connectivity index (χ4v) is 12.0. The van der Waals surface area contributed by atoms with Gasteiger partial charge in [-0.05, 0) is 181 Å². The van der Waals surface area contributed by atoms with Crippen molar-refractivity contribution in [3.05, 3.63) is 123 Å². The van der Waals surface area contributed by atoms with Gasteiger partial charge < -0.3 is 14.2 Å². The minimum atomic E-state index is -0.105. The third-order valence-electron chi connectivity index (χ3n) is 16.6. The molecule has 3 heterocycles. The van der Waals surface area contributed by atoms with Crippen LogP contribution in [0, 0.1) is 6.92 Å². The minimum Gasteiger partial charge on any atom is -0.468 e. The van der Waals surface area contributed by atoms with Crippen LogP contribution in [-0.2, 0) is 37.9 Å². The maximum absolute atomic E-state index is 7.63. The Morgan fingerprint density at radius 1 is 0.477 bits per heavy atom. The Labute approximate surface area is 392 Å². The van der Waals surface area contributed by atoms with E-state index in [0.29, 0.717) is 0 Å². The van der Waals surface area contributed by atoms with E-state index in [1.54, 1.807) is 0 Å². The normalized spacial score (nSPS) is 19.1. The van der Waals surface area contributed by atoms with Gasteiger partial charge >= 0.3 is 0 Å². The molecule has 338 valence electrons. The summed E-state index contributed by atoms with van der Waals surface area (Å²) in [5.74, 6) is 0. The quantitative estimate of drug-likeness (QED) is 0.161. The van der Waals surface area contributed by atoms with Gasteiger partial charge in [-0.25, -0.2) is 0 Å². The summed E-state index contributed by atoms with van der Waals surface area (Å²) in [6.45, 7) is 42.9. The number of rotatable bonds is 2. The first-order chi connectivity index (χ1) is 30.0. The molecule has 0 atom stereocenters. The van der Waals surface area contributed by atoms with Crippen LogP contribution in [0.15, 0.2) is 83.3 Å². The van der Waals surface area contributed by atoms with E-state index in [9.17, 15) is 0 Å². The van der Waals surface area contributed by atoms with E-state index in [1.807, 2.05) is 0 Å². The second kappa shape index (κ2) is 13.7. The summed E-state index contributed by atoms with van der Waals surface area (Å²) >= 11 is 0. The Bertz CT molecular complexity index is 2940. The maximum atomic E-state index is 7.63. The van der Waals surface area contributed by atoms with Crippen molar-refractivity contribution in [3.8, 4) is 0 Å². The second-order valence-electron chi connectivity index (χ2n) is 26.6. The monoisotopic (exact) mass is 863 g/mol. The number of nitrogens with zero attached hydrogens (tertiary/aromatic N) is 2. The third-order valence-corrected chi connectivity index (χ3v) is 16.6. The Morgan fingerprint density at radius 3 is 1.54 bits per heavy atom. The van der Waals surface area contributed by atoms with Crippen LogP contribution in [0.3, 0.4) is 0 Å². The van der Waals surface area contributed by atoms with E-state index in [2.05, 4.69) is 213 Å². The zero-order valence-electron chi connectivity index (χ0n) is 43.2. The van der Waals surface area contributed by atoms with Crippen LogP contribution >= 0.6 is 0 Å². The first-order valence-electron chi connectivity index (χ1n) is 24.8. The predicted octanol–water partition coefficient (Wildman–Crippen LogP) is 15.4. The van der Waals surface area contributed by atoms with Gasteiger partial charge in [0.25, 0.3) is 6.71 Å². The molecular weight excluding hydrogens is 787 g/mol. The summed E-state index contributed by atoms with van der Waals surface area (Å²) in [4.78, 5) is 5.25. The average molecular weight is 863 g/mol. The van der Waals surface area contributed by atoms with Crippen molar-refractivity contribution in [2.24, 2.45) is 0 Å². The Balaban J connectivity index is 1.35. The van der Waals surface area contributed by atoms with Crippen molar-refractivity contribution >= 4 is 68.4 Å². The minimum absolute atomic E-state index is 0.0314. The number of anilines is 6. The molecule has 6 aromatic rings. The molecular formula is C61H75BN2O. The number of fused-ring (bicyclic) bond motifs is 8. The van der Waals surface area contributed by atoms with E-state index in [4.69, 9.17) is 4.42 Å². The standard InChI is InChI=1S/C61H75BN2O/c1-36-27-49-52-50(28-36)64(40-20-21-43-44(33-40)59(13,14)24-23-58(43,11)12)53-42-34-45-46(61(17,18)26-25-60(45,15)16)35-51(42)65-54(53)62(52)47-32-37(55(2,3)4)19-22-48(47)63(49)41-30-38(56(5,6)7)29-39(31-41)57(8,9)10/h19-22,27-35H,23-26H2,1-18H3. The highest BCUT2D eigenvalue weighted by Gasteiger charge is 2.49. The van der Waals surface area contributed by atoms with Gasteiger partial charge in [0.2, 0.25) is 0 Å². The van der Waals surface area contributed by atoms with Crippen LogP contribution in [0.1, 0.15) is 188 Å². The molecule has 0 saturated carbocycles. The fourth-order valence-electron chi connectivity index (χ4n) is 12.0. The van der Waals surface area contributed by atoms with E-state index in [1.165, 1.54) is 108 Å². The molecule has 0 bridgehead atoms. The van der Waals surface area contributed by atoms with E-state index >= 15 is 0 Å². The lowest BCUT2D eigenvalue weighted by Gasteiger charge is -2.45. The average Bonchev–Trinajstić information content (AvgIpc) is 3.57. The fraction of sp³-hybridized carbons (Fsp3) is 0.475. The lowest BCUT2D eigenvalue weighted by atomic mass is 9.35. The topological polar surface area (TPSA) is 19.6 Å². The molecule has 0 amide bonds. The maximum Gasteiger partial charge on any atom is 0.297 e. The zero-order valence-corrected chi connectivity index (χ0v) is 43.2. The molecule has 2 aliphatic carbocycles. The van der Waals surface area contributed by atoms with Crippen LogP contribution in [0.5, 0.6) is 0 Å². The van der Waals surface area contributed by atoms with Crippen molar-refractivity contribution < 1.29 is 4.42 Å². The number of benzene rings is 5. The molecule has 0 radical (unpaired) electrons. The van der Waals surface area contributed by atoms with Gasteiger partial charge in [0.15, 0.2) is 0 Å². The largest absolute Gasteiger partial charge is 0.468 e. The molecule has 0 spiro atoms. The zero-order chi connectivity index (χ0) is 46.9. The van der Waals surface area contributed by atoms with Crippen LogP contribution in [-0.4, -0.2) is 6.71 Å². The molecule has 0 unspecified atom stereocenters. The second-order valence-corrected chi connectivity index (χ2v) is 26.6. The van der Waals surface area contributed by atoms with Gasteiger partial charge in [0.05, 0.1) is 11.3 Å². The number of aryl methyl sites for hydroxylation is 1. The summed E-state index contributed by atoms with van der Waals surface area (Å²) in [6.07, 6.45) is 4.69. The Hall–Kier alpha value is -4.70. The van der Waals surface area contributed by atoms with Gasteiger partial charge in [-0.2, -0.15) is 0 Å². The number of furan rings is 1. The van der Waals surface area contributed by atoms with Crippen molar-refractivity contribution in [2.45, 2.75) is 188 Å².